The summed E-state index contributed by atoms with van der Waals surface area (Å²) >= 11 is 11.9. The van der Waals surface area contributed by atoms with Crippen LogP contribution in [-0.2, 0) is 4.79 Å². The molecule has 1 aliphatic rings. The Kier molecular flexibility index (Phi) is 6.84. The largest absolute Gasteiger partial charge is 0.479 e. The molecule has 1 amide bonds. The first-order valence-corrected chi connectivity index (χ1v) is 8.74. The molecule has 0 radical (unpaired) electrons. The van der Waals surface area contributed by atoms with Crippen LogP contribution in [0.4, 0.5) is 0 Å². The average Bonchev–Trinajstić information content (AvgIpc) is 2.44. The predicted octanol–water partition coefficient (Wildman–Crippen LogP) is 4.99. The van der Waals surface area contributed by atoms with E-state index in [0.29, 0.717) is 15.8 Å². The number of amides is 1. The third kappa shape index (κ3) is 5.36. The summed E-state index contributed by atoms with van der Waals surface area (Å²) in [5, 5.41) is 4.06. The number of ether oxygens (including phenoxy) is 1. The minimum atomic E-state index is -0.580. The van der Waals surface area contributed by atoms with E-state index >= 15 is 0 Å². The molecule has 1 N–H and O–H groups in total. The molecule has 1 saturated carbocycles. The van der Waals surface area contributed by atoms with Gasteiger partial charge in [-0.3, -0.25) is 4.79 Å². The fourth-order valence-electron chi connectivity index (χ4n) is 2.73. The smallest absolute Gasteiger partial charge is 0.260 e. The van der Waals surface area contributed by atoms with Gasteiger partial charge in [0.15, 0.2) is 6.10 Å². The Morgan fingerprint density at radius 3 is 2.45 bits per heavy atom. The van der Waals surface area contributed by atoms with E-state index < -0.39 is 6.10 Å². The topological polar surface area (TPSA) is 38.3 Å². The van der Waals surface area contributed by atoms with Crippen molar-refractivity contribution < 1.29 is 9.53 Å². The third-order valence-corrected chi connectivity index (χ3v) is 4.55. The lowest BCUT2D eigenvalue weighted by molar-refractivity contribution is -0.128. The molecule has 1 atom stereocenters. The van der Waals surface area contributed by atoms with E-state index in [1.165, 1.54) is 32.1 Å². The van der Waals surface area contributed by atoms with E-state index in [-0.39, 0.29) is 11.9 Å². The zero-order chi connectivity index (χ0) is 15.9. The van der Waals surface area contributed by atoms with Gasteiger partial charge in [0.05, 0.1) is 5.02 Å². The fourth-order valence-corrected chi connectivity index (χ4v) is 3.19. The minimum Gasteiger partial charge on any atom is -0.479 e. The Labute approximate surface area is 142 Å². The maximum atomic E-state index is 12.3. The molecule has 0 spiro atoms. The van der Waals surface area contributed by atoms with Gasteiger partial charge in [0, 0.05) is 11.1 Å². The minimum absolute atomic E-state index is 0.0865. The van der Waals surface area contributed by atoms with Crippen molar-refractivity contribution >= 4 is 29.1 Å². The van der Waals surface area contributed by atoms with Crippen molar-refractivity contribution in [3.8, 4) is 5.75 Å². The Bertz CT molecular complexity index is 499. The molecule has 0 heterocycles. The monoisotopic (exact) mass is 343 g/mol. The highest BCUT2D eigenvalue weighted by Gasteiger charge is 2.20. The Morgan fingerprint density at radius 2 is 1.82 bits per heavy atom. The summed E-state index contributed by atoms with van der Waals surface area (Å²) < 4.78 is 5.66. The van der Waals surface area contributed by atoms with E-state index in [1.807, 2.05) is 0 Å². The third-order valence-electron chi connectivity index (χ3n) is 4.02. The second kappa shape index (κ2) is 8.64. The Morgan fingerprint density at radius 1 is 1.18 bits per heavy atom. The molecule has 0 saturated heterocycles. The summed E-state index contributed by atoms with van der Waals surface area (Å²) in [6, 6.07) is 5.25. The van der Waals surface area contributed by atoms with E-state index in [9.17, 15) is 4.79 Å². The number of carbonyl (C=O) groups excluding carboxylic acids is 1. The first kappa shape index (κ1) is 17.4. The molecule has 122 valence electrons. The Balaban J connectivity index is 1.88. The van der Waals surface area contributed by atoms with Crippen molar-refractivity contribution in [1.82, 2.24) is 5.32 Å². The molecule has 1 aromatic rings. The molecular formula is C17H23Cl2NO2. The van der Waals surface area contributed by atoms with Crippen LogP contribution < -0.4 is 10.1 Å². The Hall–Kier alpha value is -0.930. The standard InChI is InChI=1S/C17H23Cl2NO2/c1-12(22-16-10-9-13(18)11-15(16)19)17(21)20-14-7-5-3-2-4-6-8-14/h9-12,14H,2-8H2,1H3,(H,20,21)/t12-/m1/s1. The molecule has 5 heteroatoms. The van der Waals surface area contributed by atoms with E-state index in [1.54, 1.807) is 25.1 Å². The second-order valence-electron chi connectivity index (χ2n) is 5.89. The van der Waals surface area contributed by atoms with Crippen molar-refractivity contribution in [2.45, 2.75) is 64.0 Å². The van der Waals surface area contributed by atoms with Gasteiger partial charge < -0.3 is 10.1 Å². The van der Waals surface area contributed by atoms with Gasteiger partial charge in [-0.05, 0) is 38.0 Å². The van der Waals surface area contributed by atoms with Crippen LogP contribution in [0.3, 0.4) is 0 Å². The van der Waals surface area contributed by atoms with Crippen LogP contribution in [0.15, 0.2) is 18.2 Å². The fraction of sp³-hybridized carbons (Fsp3) is 0.588. The van der Waals surface area contributed by atoms with Crippen LogP contribution in [0.1, 0.15) is 51.9 Å². The van der Waals surface area contributed by atoms with Crippen molar-refractivity contribution in [2.75, 3.05) is 0 Å². The van der Waals surface area contributed by atoms with Crippen LogP contribution in [0.25, 0.3) is 0 Å². The van der Waals surface area contributed by atoms with Gasteiger partial charge in [-0.15, -0.1) is 0 Å². The number of carbonyl (C=O) groups is 1. The molecule has 1 aromatic carbocycles. The highest BCUT2D eigenvalue weighted by Crippen LogP contribution is 2.28. The summed E-state index contributed by atoms with van der Waals surface area (Å²) in [6.07, 6.45) is 7.74. The summed E-state index contributed by atoms with van der Waals surface area (Å²) in [6.45, 7) is 1.74. The van der Waals surface area contributed by atoms with Crippen LogP contribution in [0.2, 0.25) is 10.0 Å². The van der Waals surface area contributed by atoms with E-state index in [2.05, 4.69) is 5.32 Å². The first-order valence-electron chi connectivity index (χ1n) is 7.98. The van der Waals surface area contributed by atoms with E-state index in [0.717, 1.165) is 12.8 Å². The molecule has 0 aliphatic heterocycles. The van der Waals surface area contributed by atoms with Crippen molar-refractivity contribution in [1.29, 1.82) is 0 Å². The van der Waals surface area contributed by atoms with Crippen LogP contribution in [0, 0.1) is 0 Å². The summed E-state index contributed by atoms with van der Waals surface area (Å²) in [7, 11) is 0. The number of rotatable bonds is 4. The normalized spacial score (nSPS) is 18.1. The quantitative estimate of drug-likeness (QED) is 0.836. The molecule has 2 rings (SSSR count). The first-order chi connectivity index (χ1) is 10.6. The van der Waals surface area contributed by atoms with Gasteiger partial charge in [-0.25, -0.2) is 0 Å². The lowest BCUT2D eigenvalue weighted by atomic mass is 9.96. The van der Waals surface area contributed by atoms with Crippen LogP contribution in [0.5, 0.6) is 5.75 Å². The molecule has 0 bridgehead atoms. The van der Waals surface area contributed by atoms with Crippen molar-refractivity contribution in [3.63, 3.8) is 0 Å². The molecule has 3 nitrogen and oxygen atoms in total. The summed E-state index contributed by atoms with van der Waals surface area (Å²) in [5.41, 5.74) is 0. The number of halogens is 2. The van der Waals surface area contributed by atoms with Gasteiger partial charge in [0.1, 0.15) is 5.75 Å². The second-order valence-corrected chi connectivity index (χ2v) is 6.73. The van der Waals surface area contributed by atoms with Crippen LogP contribution >= 0.6 is 23.2 Å². The zero-order valence-corrected chi connectivity index (χ0v) is 14.4. The van der Waals surface area contributed by atoms with Crippen LogP contribution in [-0.4, -0.2) is 18.1 Å². The molecule has 0 aromatic heterocycles. The summed E-state index contributed by atoms with van der Waals surface area (Å²) in [4.78, 5) is 12.3. The maximum absolute atomic E-state index is 12.3. The number of nitrogens with one attached hydrogen (secondary N) is 1. The number of benzene rings is 1. The van der Waals surface area contributed by atoms with Gasteiger partial charge in [-0.2, -0.15) is 0 Å². The lowest BCUT2D eigenvalue weighted by Crippen LogP contribution is -2.42. The molecule has 0 unspecified atom stereocenters. The van der Waals surface area contributed by atoms with Gasteiger partial charge >= 0.3 is 0 Å². The van der Waals surface area contributed by atoms with Gasteiger partial charge in [0.2, 0.25) is 0 Å². The molecular weight excluding hydrogens is 321 g/mol. The SMILES string of the molecule is C[C@@H](Oc1ccc(Cl)cc1Cl)C(=O)NC1CCCCCCC1. The highest BCUT2D eigenvalue weighted by molar-refractivity contribution is 6.35. The highest BCUT2D eigenvalue weighted by atomic mass is 35.5. The van der Waals surface area contributed by atoms with Crippen molar-refractivity contribution in [3.05, 3.63) is 28.2 Å². The van der Waals surface area contributed by atoms with Gasteiger partial charge in [0.25, 0.3) is 5.91 Å². The van der Waals surface area contributed by atoms with Crippen molar-refractivity contribution in [2.24, 2.45) is 0 Å². The number of hydrogen-bond donors (Lipinski definition) is 1. The average molecular weight is 344 g/mol. The molecule has 22 heavy (non-hydrogen) atoms. The lowest BCUT2D eigenvalue weighted by Gasteiger charge is -2.23. The zero-order valence-electron chi connectivity index (χ0n) is 12.9. The predicted molar refractivity (Wildman–Crippen MR) is 90.8 cm³/mol. The molecule has 1 aliphatic carbocycles. The summed E-state index contributed by atoms with van der Waals surface area (Å²) in [5.74, 6) is 0.392. The maximum Gasteiger partial charge on any atom is 0.260 e. The van der Waals surface area contributed by atoms with Gasteiger partial charge in [-0.1, -0.05) is 55.3 Å². The molecule has 1 fully saturated rings. The number of hydrogen-bond acceptors (Lipinski definition) is 2. The van der Waals surface area contributed by atoms with E-state index in [4.69, 9.17) is 27.9 Å².